The first-order valence-electron chi connectivity index (χ1n) is 9.65. The van der Waals surface area contributed by atoms with Crippen LogP contribution in [-0.4, -0.2) is 17.3 Å². The van der Waals surface area contributed by atoms with Gasteiger partial charge in [-0.1, -0.05) is 37.1 Å². The fourth-order valence-electron chi connectivity index (χ4n) is 4.33. The molecule has 0 aromatic carbocycles. The molecule has 4 atom stereocenters. The minimum atomic E-state index is 0.215. The van der Waals surface area contributed by atoms with Gasteiger partial charge in [0.15, 0.2) is 0 Å². The van der Waals surface area contributed by atoms with E-state index in [0.29, 0.717) is 35.1 Å². The molecule has 4 heteroatoms. The highest BCUT2D eigenvalue weighted by Crippen LogP contribution is 2.59. The van der Waals surface area contributed by atoms with Crippen LogP contribution in [-0.2, 0) is 0 Å². The van der Waals surface area contributed by atoms with Gasteiger partial charge < -0.3 is 5.41 Å². The van der Waals surface area contributed by atoms with Crippen molar-refractivity contribution in [3.63, 3.8) is 0 Å². The molecular weight excluding hydrogens is 363 g/mol. The third kappa shape index (κ3) is 3.64. The van der Waals surface area contributed by atoms with Gasteiger partial charge in [0.2, 0.25) is 0 Å². The number of hydrogen-bond donors (Lipinski definition) is 1. The van der Waals surface area contributed by atoms with Crippen LogP contribution in [0.15, 0.2) is 51.2 Å². The molecule has 0 radical (unpaired) electrons. The molecule has 0 spiro atoms. The summed E-state index contributed by atoms with van der Waals surface area (Å²) in [4.78, 5) is 5.02. The van der Waals surface area contributed by atoms with Crippen molar-refractivity contribution in [3.05, 3.63) is 46.2 Å². The van der Waals surface area contributed by atoms with Crippen molar-refractivity contribution in [3.8, 4) is 0 Å². The molecule has 0 saturated heterocycles. The van der Waals surface area contributed by atoms with Crippen LogP contribution in [0.4, 0.5) is 0 Å². The number of nitrogens with one attached hydrogen (secondary N) is 1. The number of hydrogen-bond acceptors (Lipinski definition) is 2. The highest BCUT2D eigenvalue weighted by atomic mass is 35.5. The summed E-state index contributed by atoms with van der Waals surface area (Å²) in [5, 5.41) is 9.13. The molecule has 0 aliphatic heterocycles. The molecule has 3 aliphatic rings. The first kappa shape index (κ1) is 19.6. The van der Waals surface area contributed by atoms with E-state index in [1.165, 1.54) is 29.7 Å². The summed E-state index contributed by atoms with van der Waals surface area (Å²) in [7, 11) is 0. The molecule has 0 aromatic rings. The second-order valence-electron chi connectivity index (χ2n) is 7.62. The van der Waals surface area contributed by atoms with Crippen LogP contribution in [0.25, 0.3) is 0 Å². The fourth-order valence-corrected chi connectivity index (χ4v) is 4.74. The third-order valence-electron chi connectivity index (χ3n) is 6.02. The van der Waals surface area contributed by atoms with Crippen molar-refractivity contribution >= 4 is 34.6 Å². The molecule has 1 fully saturated rings. The zero-order valence-electron chi connectivity index (χ0n) is 15.9. The van der Waals surface area contributed by atoms with E-state index in [4.69, 9.17) is 33.6 Å². The second-order valence-corrected chi connectivity index (χ2v) is 8.44. The summed E-state index contributed by atoms with van der Waals surface area (Å²) in [6.45, 7) is 6.47. The van der Waals surface area contributed by atoms with Gasteiger partial charge in [0.05, 0.1) is 0 Å². The number of fused-ring (bicyclic) bond motifs is 1. The summed E-state index contributed by atoms with van der Waals surface area (Å²) in [6.07, 6.45) is 12.1. The Balaban J connectivity index is 1.93. The summed E-state index contributed by atoms with van der Waals surface area (Å²) >= 11 is 12.3. The van der Waals surface area contributed by atoms with E-state index < -0.39 is 0 Å². The first-order chi connectivity index (χ1) is 12.5. The number of aliphatic imine (C=N–C) groups is 1. The maximum atomic E-state index is 8.43. The maximum absolute atomic E-state index is 8.43. The molecule has 3 rings (SSSR count). The van der Waals surface area contributed by atoms with Gasteiger partial charge in [0, 0.05) is 46.3 Å². The molecular formula is C22H28Cl2N2. The molecule has 0 aromatic heterocycles. The lowest BCUT2D eigenvalue weighted by Gasteiger charge is -2.51. The molecule has 26 heavy (non-hydrogen) atoms. The van der Waals surface area contributed by atoms with Gasteiger partial charge in [-0.2, -0.15) is 0 Å². The zero-order chi connectivity index (χ0) is 18.8. The van der Waals surface area contributed by atoms with Gasteiger partial charge in [-0.15, -0.1) is 11.6 Å². The van der Waals surface area contributed by atoms with Crippen LogP contribution in [0.3, 0.4) is 0 Å². The van der Waals surface area contributed by atoms with E-state index in [9.17, 15) is 0 Å². The van der Waals surface area contributed by atoms with Crippen LogP contribution >= 0.6 is 23.2 Å². The number of allylic oxidation sites excluding steroid dienone is 8. The Morgan fingerprint density at radius 3 is 2.62 bits per heavy atom. The Morgan fingerprint density at radius 2 is 2.08 bits per heavy atom. The van der Waals surface area contributed by atoms with Gasteiger partial charge >= 0.3 is 0 Å². The maximum Gasteiger partial charge on any atom is 0.0445 e. The van der Waals surface area contributed by atoms with Crippen LogP contribution < -0.4 is 0 Å². The van der Waals surface area contributed by atoms with Crippen molar-refractivity contribution in [2.75, 3.05) is 5.88 Å². The Morgan fingerprint density at radius 1 is 1.35 bits per heavy atom. The van der Waals surface area contributed by atoms with Crippen LogP contribution in [0, 0.1) is 29.1 Å². The van der Waals surface area contributed by atoms with Crippen molar-refractivity contribution < 1.29 is 0 Å². The Labute approximate surface area is 167 Å². The van der Waals surface area contributed by atoms with Crippen molar-refractivity contribution in [2.24, 2.45) is 28.7 Å². The molecule has 3 aliphatic carbocycles. The summed E-state index contributed by atoms with van der Waals surface area (Å²) in [6, 6.07) is 0. The third-order valence-corrected chi connectivity index (χ3v) is 6.45. The molecule has 1 saturated carbocycles. The van der Waals surface area contributed by atoms with Crippen molar-refractivity contribution in [2.45, 2.75) is 46.5 Å². The normalized spacial score (nSPS) is 31.9. The molecule has 0 amide bonds. The average molecular weight is 391 g/mol. The predicted octanol–water partition coefficient (Wildman–Crippen LogP) is 6.67. The van der Waals surface area contributed by atoms with Crippen molar-refractivity contribution in [1.29, 1.82) is 5.41 Å². The predicted molar refractivity (Wildman–Crippen MR) is 114 cm³/mol. The summed E-state index contributed by atoms with van der Waals surface area (Å²) in [5.74, 6) is 2.37. The molecule has 0 bridgehead atoms. The van der Waals surface area contributed by atoms with E-state index in [0.717, 1.165) is 17.8 Å². The van der Waals surface area contributed by atoms with E-state index >= 15 is 0 Å². The minimum Gasteiger partial charge on any atom is -0.305 e. The zero-order valence-corrected chi connectivity index (χ0v) is 17.4. The Kier molecular flexibility index (Phi) is 6.25. The van der Waals surface area contributed by atoms with Gasteiger partial charge in [-0.05, 0) is 61.8 Å². The number of alkyl halides is 1. The van der Waals surface area contributed by atoms with Crippen LogP contribution in [0.5, 0.6) is 0 Å². The molecule has 140 valence electrons. The van der Waals surface area contributed by atoms with Gasteiger partial charge in [-0.3, -0.25) is 4.99 Å². The van der Waals surface area contributed by atoms with E-state index in [1.54, 1.807) is 0 Å². The molecule has 1 N–H and O–H groups in total. The number of rotatable bonds is 7. The van der Waals surface area contributed by atoms with Gasteiger partial charge in [0.25, 0.3) is 0 Å². The van der Waals surface area contributed by atoms with Gasteiger partial charge in [-0.25, -0.2) is 0 Å². The second kappa shape index (κ2) is 8.27. The minimum absolute atomic E-state index is 0.215. The highest BCUT2D eigenvalue weighted by Gasteiger charge is 2.51. The lowest BCUT2D eigenvalue weighted by molar-refractivity contribution is 0.182. The molecule has 0 heterocycles. The first-order valence-corrected chi connectivity index (χ1v) is 10.6. The van der Waals surface area contributed by atoms with Crippen molar-refractivity contribution in [1.82, 2.24) is 0 Å². The van der Waals surface area contributed by atoms with E-state index in [2.05, 4.69) is 20.8 Å². The summed E-state index contributed by atoms with van der Waals surface area (Å²) in [5.41, 5.74) is 5.64. The number of nitrogens with zero attached hydrogens (tertiary/aromatic N) is 1. The molecule has 2 nitrogen and oxygen atoms in total. The smallest absolute Gasteiger partial charge is 0.0445 e. The van der Waals surface area contributed by atoms with E-state index in [-0.39, 0.29) is 5.92 Å². The largest absolute Gasteiger partial charge is 0.305 e. The highest BCUT2D eigenvalue weighted by molar-refractivity contribution is 6.33. The SMILES string of the molecule is CC/C=C\C(Cl)=C\C(CCCl)=NC1=C(C2C(=N)C=C(C)C2C)C2CCC12. The monoisotopic (exact) mass is 390 g/mol. The standard InChI is InChI=1S/C22H28Cl2N2/c1-4-5-6-15(24)12-16(9-10-23)26-22-18-8-7-17(18)21(22)20-14(3)13(2)11-19(20)25/h5-6,11-12,14,17-18,20,25H,4,7-10H2,1-3H3/b6-5-,15-12-,25-19?,26-16?. The quantitative estimate of drug-likeness (QED) is 0.286. The lowest BCUT2D eigenvalue weighted by Crippen LogP contribution is -2.43. The van der Waals surface area contributed by atoms with E-state index in [1.807, 2.05) is 24.3 Å². The Bertz CT molecular complexity index is 739. The summed E-state index contributed by atoms with van der Waals surface area (Å²) < 4.78 is 0. The average Bonchev–Trinajstić information content (AvgIpc) is 2.81. The molecule has 4 unspecified atom stereocenters. The van der Waals surface area contributed by atoms with Gasteiger partial charge in [0.1, 0.15) is 0 Å². The van der Waals surface area contributed by atoms with Crippen LogP contribution in [0.1, 0.15) is 46.5 Å². The number of halogens is 2. The lowest BCUT2D eigenvalue weighted by atomic mass is 9.54. The topological polar surface area (TPSA) is 36.2 Å². The Hall–Kier alpha value is -1.12. The van der Waals surface area contributed by atoms with Crippen LogP contribution in [0.2, 0.25) is 0 Å². The fraction of sp³-hybridized carbons (Fsp3) is 0.545.